The molecule has 1 aliphatic rings. The second kappa shape index (κ2) is 8.72. The lowest BCUT2D eigenvalue weighted by molar-refractivity contribution is -0.0171. The maximum atomic E-state index is 6.36. The normalized spacial score (nSPS) is 17.8. The van der Waals surface area contributed by atoms with Crippen LogP contribution >= 0.6 is 23.2 Å². The molecule has 1 aromatic carbocycles. The van der Waals surface area contributed by atoms with E-state index in [1.807, 2.05) is 22.9 Å². The lowest BCUT2D eigenvalue weighted by Crippen LogP contribution is -2.49. The van der Waals surface area contributed by atoms with E-state index >= 15 is 0 Å². The number of rotatable bonds is 5. The Balaban J connectivity index is 1.97. The third kappa shape index (κ3) is 5.00. The van der Waals surface area contributed by atoms with Crippen LogP contribution in [0, 0.1) is 5.41 Å². The van der Waals surface area contributed by atoms with Gasteiger partial charge in [-0.2, -0.15) is 0 Å². The molecule has 158 valence electrons. The molecule has 0 unspecified atom stereocenters. The van der Waals surface area contributed by atoms with Crippen molar-refractivity contribution in [3.05, 3.63) is 45.7 Å². The van der Waals surface area contributed by atoms with Gasteiger partial charge in [0.15, 0.2) is 5.82 Å². The Morgan fingerprint density at radius 1 is 1.10 bits per heavy atom. The summed E-state index contributed by atoms with van der Waals surface area (Å²) in [5.74, 6) is 0.839. The minimum atomic E-state index is -0.317. The van der Waals surface area contributed by atoms with E-state index in [0.717, 1.165) is 37.7 Å². The number of ether oxygens (including phenoxy) is 1. The molecule has 6 nitrogen and oxygen atoms in total. The average Bonchev–Trinajstić information content (AvgIpc) is 3.13. The lowest BCUT2D eigenvalue weighted by atomic mass is 9.85. The van der Waals surface area contributed by atoms with Crippen LogP contribution in [0.3, 0.4) is 0 Å². The highest BCUT2D eigenvalue weighted by molar-refractivity contribution is 6.35. The quantitative estimate of drug-likeness (QED) is 0.668. The average molecular weight is 438 g/mol. The van der Waals surface area contributed by atoms with Crippen LogP contribution in [0.25, 0.3) is 6.08 Å². The number of nitrogens with zero attached hydrogens (tertiary/aromatic N) is 5. The molecule has 2 heterocycles. The van der Waals surface area contributed by atoms with Gasteiger partial charge in [-0.3, -0.25) is 4.90 Å². The number of hydrogen-bond acceptors (Lipinski definition) is 5. The van der Waals surface area contributed by atoms with Crippen molar-refractivity contribution in [3.63, 3.8) is 0 Å². The minimum Gasteiger partial charge on any atom is -0.379 e. The Morgan fingerprint density at radius 2 is 1.79 bits per heavy atom. The lowest BCUT2D eigenvalue weighted by Gasteiger charge is -2.41. The molecule has 29 heavy (non-hydrogen) atoms. The number of hydrogen-bond donors (Lipinski definition) is 0. The SMILES string of the molecule is CC(C)(C)[C@H](C=Cc1ccc(Cl)cc1Cl)n1nnnc1C(C)(C)N1CCOCC1. The summed E-state index contributed by atoms with van der Waals surface area (Å²) in [5.41, 5.74) is 0.482. The molecule has 2 aromatic rings. The van der Waals surface area contributed by atoms with Gasteiger partial charge in [-0.25, -0.2) is 4.68 Å². The molecule has 1 aromatic heterocycles. The van der Waals surface area contributed by atoms with Crippen molar-refractivity contribution in [2.45, 2.75) is 46.2 Å². The maximum Gasteiger partial charge on any atom is 0.171 e. The topological polar surface area (TPSA) is 56.1 Å². The molecule has 0 amide bonds. The van der Waals surface area contributed by atoms with Crippen LogP contribution in [0.5, 0.6) is 0 Å². The molecule has 8 heteroatoms. The Kier molecular flexibility index (Phi) is 6.68. The molecule has 1 fully saturated rings. The number of allylic oxidation sites excluding steroid dienone is 1. The largest absolute Gasteiger partial charge is 0.379 e. The van der Waals surface area contributed by atoms with Gasteiger partial charge in [-0.15, -0.1) is 5.10 Å². The van der Waals surface area contributed by atoms with Crippen LogP contribution < -0.4 is 0 Å². The van der Waals surface area contributed by atoms with Gasteiger partial charge in [-0.1, -0.05) is 62.2 Å². The monoisotopic (exact) mass is 437 g/mol. The molecule has 1 aliphatic heterocycles. The van der Waals surface area contributed by atoms with Crippen LogP contribution in [-0.2, 0) is 10.3 Å². The molecule has 0 radical (unpaired) electrons. The first-order chi connectivity index (χ1) is 13.6. The number of tetrazole rings is 1. The molecule has 0 saturated carbocycles. The predicted octanol–water partition coefficient (Wildman–Crippen LogP) is 4.85. The molecule has 0 aliphatic carbocycles. The van der Waals surface area contributed by atoms with Crippen LogP contribution in [0.1, 0.15) is 52.0 Å². The minimum absolute atomic E-state index is 0.0560. The summed E-state index contributed by atoms with van der Waals surface area (Å²) in [6.07, 6.45) is 4.13. The fourth-order valence-electron chi connectivity index (χ4n) is 3.62. The summed E-state index contributed by atoms with van der Waals surface area (Å²) in [7, 11) is 0. The highest BCUT2D eigenvalue weighted by Crippen LogP contribution is 2.36. The van der Waals surface area contributed by atoms with Gasteiger partial charge in [0.25, 0.3) is 0 Å². The fourth-order valence-corrected chi connectivity index (χ4v) is 4.09. The van der Waals surface area contributed by atoms with Gasteiger partial charge >= 0.3 is 0 Å². The van der Waals surface area contributed by atoms with E-state index in [-0.39, 0.29) is 17.0 Å². The number of benzene rings is 1. The van der Waals surface area contributed by atoms with E-state index in [4.69, 9.17) is 27.9 Å². The Labute approximate surface area is 182 Å². The van der Waals surface area contributed by atoms with Crippen LogP contribution in [0.15, 0.2) is 24.3 Å². The molecule has 3 rings (SSSR count). The smallest absolute Gasteiger partial charge is 0.171 e. The number of morpholine rings is 1. The number of aromatic nitrogens is 4. The van der Waals surface area contributed by atoms with Crippen molar-refractivity contribution in [3.8, 4) is 0 Å². The summed E-state index contributed by atoms with van der Waals surface area (Å²) in [6, 6.07) is 5.45. The van der Waals surface area contributed by atoms with E-state index in [0.29, 0.717) is 10.0 Å². The third-order valence-electron chi connectivity index (χ3n) is 5.41. The van der Waals surface area contributed by atoms with Crippen LogP contribution in [0.4, 0.5) is 0 Å². The zero-order valence-electron chi connectivity index (χ0n) is 17.7. The highest BCUT2D eigenvalue weighted by Gasteiger charge is 2.38. The summed E-state index contributed by atoms with van der Waals surface area (Å²) in [6.45, 7) is 14.0. The number of halogens is 2. The van der Waals surface area contributed by atoms with Crippen LogP contribution in [0.2, 0.25) is 10.0 Å². The summed E-state index contributed by atoms with van der Waals surface area (Å²) in [4.78, 5) is 2.37. The van der Waals surface area contributed by atoms with Gasteiger partial charge < -0.3 is 4.74 Å². The molecular formula is C21H29Cl2N5O. The zero-order valence-corrected chi connectivity index (χ0v) is 19.2. The first-order valence-electron chi connectivity index (χ1n) is 9.85. The van der Waals surface area contributed by atoms with E-state index in [1.165, 1.54) is 0 Å². The van der Waals surface area contributed by atoms with Gasteiger partial charge in [0.2, 0.25) is 0 Å². The second-order valence-corrected chi connectivity index (χ2v) is 9.78. The first-order valence-corrected chi connectivity index (χ1v) is 10.6. The molecule has 1 atom stereocenters. The predicted molar refractivity (Wildman–Crippen MR) is 117 cm³/mol. The van der Waals surface area contributed by atoms with Crippen molar-refractivity contribution in [2.24, 2.45) is 5.41 Å². The zero-order chi connectivity index (χ0) is 21.2. The molecule has 0 N–H and O–H groups in total. The highest BCUT2D eigenvalue weighted by atomic mass is 35.5. The van der Waals surface area contributed by atoms with Gasteiger partial charge in [0.05, 0.1) is 24.8 Å². The summed E-state index contributed by atoms with van der Waals surface area (Å²) in [5, 5.41) is 14.1. The standard InChI is InChI=1S/C21H29Cl2N5O/c1-20(2,3)18(9-7-15-6-8-16(22)14-17(15)23)28-19(24-25-26-28)21(4,5)27-10-12-29-13-11-27/h6-9,14,18H,10-13H2,1-5H3/t18-/m0/s1. The maximum absolute atomic E-state index is 6.36. The van der Waals surface area contributed by atoms with Gasteiger partial charge in [0, 0.05) is 23.1 Å². The molecular weight excluding hydrogens is 409 g/mol. The third-order valence-corrected chi connectivity index (χ3v) is 5.98. The van der Waals surface area contributed by atoms with E-state index in [9.17, 15) is 0 Å². The first kappa shape index (κ1) is 22.2. The van der Waals surface area contributed by atoms with E-state index in [2.05, 4.69) is 61.1 Å². The second-order valence-electron chi connectivity index (χ2n) is 8.94. The van der Waals surface area contributed by atoms with Crippen LogP contribution in [-0.4, -0.2) is 51.4 Å². The van der Waals surface area contributed by atoms with E-state index in [1.54, 1.807) is 6.07 Å². The van der Waals surface area contributed by atoms with Gasteiger partial charge in [0.1, 0.15) is 0 Å². The van der Waals surface area contributed by atoms with Gasteiger partial charge in [-0.05, 0) is 47.4 Å². The van der Waals surface area contributed by atoms with Crippen molar-refractivity contribution >= 4 is 29.3 Å². The Morgan fingerprint density at radius 3 is 2.41 bits per heavy atom. The van der Waals surface area contributed by atoms with Crippen molar-refractivity contribution in [1.29, 1.82) is 0 Å². The molecule has 0 spiro atoms. The van der Waals surface area contributed by atoms with Crippen molar-refractivity contribution in [2.75, 3.05) is 26.3 Å². The van der Waals surface area contributed by atoms with Crippen molar-refractivity contribution in [1.82, 2.24) is 25.1 Å². The summed E-state index contributed by atoms with van der Waals surface area (Å²) < 4.78 is 7.46. The van der Waals surface area contributed by atoms with Crippen molar-refractivity contribution < 1.29 is 4.74 Å². The molecule has 1 saturated heterocycles. The fraction of sp³-hybridized carbons (Fsp3) is 0.571. The van der Waals surface area contributed by atoms with E-state index < -0.39 is 0 Å². The summed E-state index contributed by atoms with van der Waals surface area (Å²) >= 11 is 12.4. The Hall–Kier alpha value is -1.47. The molecule has 0 bridgehead atoms. The Bertz CT molecular complexity index is 866.